The highest BCUT2D eigenvalue weighted by Gasteiger charge is 2.24. The van der Waals surface area contributed by atoms with Gasteiger partial charge < -0.3 is 10.1 Å². The second kappa shape index (κ2) is 3.68. The van der Waals surface area contributed by atoms with Crippen LogP contribution in [0.4, 0.5) is 5.82 Å². The van der Waals surface area contributed by atoms with E-state index in [0.29, 0.717) is 10.8 Å². The van der Waals surface area contributed by atoms with Crippen LogP contribution in [0.1, 0.15) is 31.7 Å². The van der Waals surface area contributed by atoms with Crippen molar-refractivity contribution in [1.82, 2.24) is 9.55 Å². The average molecular weight is 260 g/mol. The zero-order valence-electron chi connectivity index (χ0n) is 7.52. The highest BCUT2D eigenvalue weighted by Crippen LogP contribution is 2.33. The zero-order chi connectivity index (χ0) is 10.1. The van der Waals surface area contributed by atoms with Gasteiger partial charge in [-0.05, 0) is 22.7 Å². The summed E-state index contributed by atoms with van der Waals surface area (Å²) in [6, 6.07) is 0.380. The first-order valence-corrected chi connectivity index (χ1v) is 5.36. The summed E-state index contributed by atoms with van der Waals surface area (Å²) in [6.07, 6.45) is 6.09. The van der Waals surface area contributed by atoms with Crippen molar-refractivity contribution >= 4 is 21.7 Å². The van der Waals surface area contributed by atoms with E-state index in [1.807, 2.05) is 4.57 Å². The van der Waals surface area contributed by atoms with Crippen molar-refractivity contribution in [3.05, 3.63) is 21.0 Å². The fraction of sp³-hybridized carbons (Fsp3) is 0.625. The second-order valence-electron chi connectivity index (χ2n) is 3.47. The monoisotopic (exact) mass is 259 g/mol. The van der Waals surface area contributed by atoms with Crippen LogP contribution in [0, 0.1) is 10.1 Å². The predicted octanol–water partition coefficient (Wildman–Crippen LogP) is 2.67. The molecule has 1 fully saturated rings. The van der Waals surface area contributed by atoms with E-state index < -0.39 is 4.92 Å². The van der Waals surface area contributed by atoms with Gasteiger partial charge in [0.2, 0.25) is 0 Å². The van der Waals surface area contributed by atoms with Crippen LogP contribution in [0.15, 0.2) is 10.9 Å². The van der Waals surface area contributed by atoms with Crippen molar-refractivity contribution in [3.8, 4) is 0 Å². The minimum Gasteiger partial charge on any atom is -0.358 e. The number of nitrogens with zero attached hydrogens (tertiary/aromatic N) is 3. The first kappa shape index (κ1) is 9.64. The number of imidazole rings is 1. The van der Waals surface area contributed by atoms with Gasteiger partial charge in [0.05, 0.1) is 0 Å². The first-order chi connectivity index (χ1) is 6.68. The predicted molar refractivity (Wildman–Crippen MR) is 54.1 cm³/mol. The van der Waals surface area contributed by atoms with Gasteiger partial charge in [-0.3, -0.25) is 4.57 Å². The molecule has 1 aromatic heterocycles. The first-order valence-electron chi connectivity index (χ1n) is 4.57. The molecule has 0 aliphatic heterocycles. The fourth-order valence-corrected chi connectivity index (χ4v) is 2.46. The van der Waals surface area contributed by atoms with Crippen LogP contribution in [0.5, 0.6) is 0 Å². The molecule has 6 heteroatoms. The van der Waals surface area contributed by atoms with Crippen LogP contribution in [-0.2, 0) is 0 Å². The lowest BCUT2D eigenvalue weighted by Gasteiger charge is -2.08. The Morgan fingerprint density at radius 2 is 2.21 bits per heavy atom. The summed E-state index contributed by atoms with van der Waals surface area (Å²) in [5.74, 6) is -0.0798. The van der Waals surface area contributed by atoms with Crippen LogP contribution >= 0.6 is 15.9 Å². The Balaban J connectivity index is 2.28. The lowest BCUT2D eigenvalue weighted by molar-refractivity contribution is -0.389. The van der Waals surface area contributed by atoms with Gasteiger partial charge in [-0.1, -0.05) is 12.8 Å². The Hall–Kier alpha value is -0.910. The smallest absolute Gasteiger partial charge is 0.358 e. The van der Waals surface area contributed by atoms with Gasteiger partial charge in [-0.2, -0.15) is 0 Å². The fourth-order valence-electron chi connectivity index (χ4n) is 1.89. The van der Waals surface area contributed by atoms with Crippen molar-refractivity contribution in [2.45, 2.75) is 31.7 Å². The third-order valence-electron chi connectivity index (χ3n) is 2.58. The van der Waals surface area contributed by atoms with Gasteiger partial charge in [0.1, 0.15) is 6.20 Å². The van der Waals surface area contributed by atoms with Crippen molar-refractivity contribution in [3.63, 3.8) is 0 Å². The lowest BCUT2D eigenvalue weighted by Crippen LogP contribution is -2.03. The highest BCUT2D eigenvalue weighted by molar-refractivity contribution is 9.10. The van der Waals surface area contributed by atoms with Crippen molar-refractivity contribution < 1.29 is 4.92 Å². The standard InChI is InChI=1S/C8H10BrN3O2/c9-8-10-7(12(13)14)5-11(8)6-3-1-2-4-6/h5-6H,1-4H2. The van der Waals surface area contributed by atoms with E-state index >= 15 is 0 Å². The highest BCUT2D eigenvalue weighted by atomic mass is 79.9. The van der Waals surface area contributed by atoms with Crippen LogP contribution in [0.25, 0.3) is 0 Å². The normalized spacial score (nSPS) is 17.5. The molecule has 0 radical (unpaired) electrons. The van der Waals surface area contributed by atoms with Crippen molar-refractivity contribution in [2.24, 2.45) is 0 Å². The largest absolute Gasteiger partial charge is 0.382 e. The molecule has 1 heterocycles. The van der Waals surface area contributed by atoms with E-state index in [9.17, 15) is 10.1 Å². The van der Waals surface area contributed by atoms with E-state index in [1.54, 1.807) is 0 Å². The molecule has 2 rings (SSSR count). The molecular formula is C8H10BrN3O2. The van der Waals surface area contributed by atoms with Gasteiger partial charge in [0, 0.05) is 22.0 Å². The molecule has 5 nitrogen and oxygen atoms in total. The van der Waals surface area contributed by atoms with E-state index in [1.165, 1.54) is 19.0 Å². The minimum atomic E-state index is -0.462. The SMILES string of the molecule is O=[N+]([O-])c1cn(C2CCCC2)c(Br)n1. The molecule has 76 valence electrons. The van der Waals surface area contributed by atoms with Crippen molar-refractivity contribution in [1.29, 1.82) is 0 Å². The molecule has 0 N–H and O–H groups in total. The molecular weight excluding hydrogens is 250 g/mol. The second-order valence-corrected chi connectivity index (χ2v) is 4.18. The summed E-state index contributed by atoms with van der Waals surface area (Å²) >= 11 is 3.24. The lowest BCUT2D eigenvalue weighted by atomic mass is 10.2. The topological polar surface area (TPSA) is 61.0 Å². The maximum absolute atomic E-state index is 10.5. The molecule has 1 aliphatic carbocycles. The maximum atomic E-state index is 10.5. The molecule has 0 bridgehead atoms. The molecule has 1 aliphatic rings. The third kappa shape index (κ3) is 1.66. The summed E-state index contributed by atoms with van der Waals surface area (Å²) in [7, 11) is 0. The Bertz CT molecular complexity index is 357. The molecule has 0 aromatic carbocycles. The molecule has 0 unspecified atom stereocenters. The van der Waals surface area contributed by atoms with Gasteiger partial charge in [-0.15, -0.1) is 0 Å². The van der Waals surface area contributed by atoms with Crippen LogP contribution in [0.3, 0.4) is 0 Å². The molecule has 1 aromatic rings. The van der Waals surface area contributed by atoms with Gasteiger partial charge >= 0.3 is 5.82 Å². The zero-order valence-corrected chi connectivity index (χ0v) is 9.11. The Morgan fingerprint density at radius 3 is 2.71 bits per heavy atom. The summed E-state index contributed by atoms with van der Waals surface area (Å²) in [4.78, 5) is 13.9. The quantitative estimate of drug-likeness (QED) is 0.606. The van der Waals surface area contributed by atoms with Crippen LogP contribution in [0.2, 0.25) is 0 Å². The molecule has 0 saturated heterocycles. The summed E-state index contributed by atoms with van der Waals surface area (Å²) < 4.78 is 2.43. The summed E-state index contributed by atoms with van der Waals surface area (Å²) in [5, 5.41) is 10.5. The Kier molecular flexibility index (Phi) is 2.54. The molecule has 0 spiro atoms. The Morgan fingerprint density at radius 1 is 1.57 bits per heavy atom. The number of rotatable bonds is 2. The Labute approximate surface area is 89.4 Å². The number of nitro groups is 1. The van der Waals surface area contributed by atoms with Gasteiger partial charge in [0.15, 0.2) is 0 Å². The number of hydrogen-bond donors (Lipinski definition) is 0. The number of halogens is 1. The van der Waals surface area contributed by atoms with Crippen LogP contribution < -0.4 is 0 Å². The van der Waals surface area contributed by atoms with Crippen molar-refractivity contribution in [2.75, 3.05) is 0 Å². The molecule has 1 saturated carbocycles. The molecule has 0 amide bonds. The van der Waals surface area contributed by atoms with E-state index in [2.05, 4.69) is 20.9 Å². The van der Waals surface area contributed by atoms with E-state index in [-0.39, 0.29) is 5.82 Å². The molecule has 0 atom stereocenters. The van der Waals surface area contributed by atoms with Gasteiger partial charge in [0.25, 0.3) is 4.73 Å². The summed E-state index contributed by atoms with van der Waals surface area (Å²) in [6.45, 7) is 0. The average Bonchev–Trinajstić information content (AvgIpc) is 2.71. The van der Waals surface area contributed by atoms with E-state index in [4.69, 9.17) is 0 Å². The van der Waals surface area contributed by atoms with E-state index in [0.717, 1.165) is 12.8 Å². The molecule has 14 heavy (non-hydrogen) atoms. The number of aromatic nitrogens is 2. The number of hydrogen-bond acceptors (Lipinski definition) is 3. The van der Waals surface area contributed by atoms with Gasteiger partial charge in [-0.25, -0.2) is 0 Å². The summed E-state index contributed by atoms with van der Waals surface area (Å²) in [5.41, 5.74) is 0. The van der Waals surface area contributed by atoms with Crippen LogP contribution in [-0.4, -0.2) is 14.5 Å². The maximum Gasteiger partial charge on any atom is 0.382 e. The minimum absolute atomic E-state index is 0.0798. The third-order valence-corrected chi connectivity index (χ3v) is 3.17.